The van der Waals surface area contributed by atoms with Crippen molar-refractivity contribution in [3.8, 4) is 5.75 Å². The molecule has 0 saturated carbocycles. The Balaban J connectivity index is 2.65. The summed E-state index contributed by atoms with van der Waals surface area (Å²) in [4.78, 5) is 0. The van der Waals surface area contributed by atoms with E-state index in [1.54, 1.807) is 0 Å². The zero-order chi connectivity index (χ0) is 12.0. The smallest absolute Gasteiger partial charge is 0.123 e. The van der Waals surface area contributed by atoms with Crippen molar-refractivity contribution in [1.82, 2.24) is 5.48 Å². The van der Waals surface area contributed by atoms with Crippen molar-refractivity contribution in [3.63, 3.8) is 0 Å². The number of ether oxygens (including phenoxy) is 1. The summed E-state index contributed by atoms with van der Waals surface area (Å²) in [7, 11) is 0. The molecule has 0 heterocycles. The third kappa shape index (κ3) is 3.83. The Bertz CT molecular complexity index is 318. The largest absolute Gasteiger partial charge is 0.493 e. The van der Waals surface area contributed by atoms with Crippen LogP contribution < -0.4 is 10.2 Å². The van der Waals surface area contributed by atoms with Crippen molar-refractivity contribution in [2.45, 2.75) is 32.6 Å². The maximum absolute atomic E-state index is 8.44. The summed E-state index contributed by atoms with van der Waals surface area (Å²) < 4.78 is 5.71. The molecule has 0 aliphatic rings. The van der Waals surface area contributed by atoms with E-state index in [1.165, 1.54) is 5.56 Å². The van der Waals surface area contributed by atoms with Gasteiger partial charge in [-0.2, -0.15) is 0 Å². The van der Waals surface area contributed by atoms with Crippen LogP contribution in [0.25, 0.3) is 0 Å². The van der Waals surface area contributed by atoms with Crippen LogP contribution in [0.15, 0.2) is 24.3 Å². The van der Waals surface area contributed by atoms with Crippen LogP contribution in [-0.2, 0) is 5.41 Å². The average Bonchev–Trinajstić information content (AvgIpc) is 2.24. The number of rotatable bonds is 5. The summed E-state index contributed by atoms with van der Waals surface area (Å²) in [6.07, 6.45) is 0.787. The number of hydrogen-bond acceptors (Lipinski definition) is 3. The summed E-state index contributed by atoms with van der Waals surface area (Å²) in [5.74, 6) is 0.938. The SMILES string of the molecule is CC(C)(C)c1ccccc1OCCCNO. The second-order valence-electron chi connectivity index (χ2n) is 4.86. The van der Waals surface area contributed by atoms with E-state index >= 15 is 0 Å². The Kier molecular flexibility index (Phi) is 4.77. The van der Waals surface area contributed by atoms with Gasteiger partial charge in [0.05, 0.1) is 6.61 Å². The highest BCUT2D eigenvalue weighted by Crippen LogP contribution is 2.30. The van der Waals surface area contributed by atoms with Gasteiger partial charge in [-0.3, -0.25) is 0 Å². The fourth-order valence-corrected chi connectivity index (χ4v) is 1.55. The van der Waals surface area contributed by atoms with Gasteiger partial charge in [-0.1, -0.05) is 39.0 Å². The van der Waals surface area contributed by atoms with Gasteiger partial charge in [0, 0.05) is 6.54 Å². The second-order valence-corrected chi connectivity index (χ2v) is 4.86. The van der Waals surface area contributed by atoms with E-state index in [9.17, 15) is 0 Å². The lowest BCUT2D eigenvalue weighted by molar-refractivity contribution is 0.157. The third-order valence-corrected chi connectivity index (χ3v) is 2.39. The summed E-state index contributed by atoms with van der Waals surface area (Å²) in [6.45, 7) is 7.68. The maximum atomic E-state index is 8.44. The van der Waals surface area contributed by atoms with Crippen LogP contribution in [0.5, 0.6) is 5.75 Å². The summed E-state index contributed by atoms with van der Waals surface area (Å²) in [5.41, 5.74) is 3.42. The number of para-hydroxylation sites is 1. The van der Waals surface area contributed by atoms with Crippen LogP contribution in [0.3, 0.4) is 0 Å². The fraction of sp³-hybridized carbons (Fsp3) is 0.538. The summed E-state index contributed by atoms with van der Waals surface area (Å²) >= 11 is 0. The van der Waals surface area contributed by atoms with Gasteiger partial charge in [-0.25, -0.2) is 5.48 Å². The van der Waals surface area contributed by atoms with Crippen molar-refractivity contribution in [1.29, 1.82) is 0 Å². The maximum Gasteiger partial charge on any atom is 0.123 e. The first kappa shape index (κ1) is 13.0. The fourth-order valence-electron chi connectivity index (χ4n) is 1.55. The van der Waals surface area contributed by atoms with E-state index in [0.717, 1.165) is 12.2 Å². The molecular formula is C13H21NO2. The predicted octanol–water partition coefficient (Wildman–Crippen LogP) is 2.73. The van der Waals surface area contributed by atoms with E-state index in [1.807, 2.05) is 18.2 Å². The average molecular weight is 223 g/mol. The highest BCUT2D eigenvalue weighted by molar-refractivity contribution is 5.38. The summed E-state index contributed by atoms with van der Waals surface area (Å²) in [5, 5.41) is 8.44. The molecule has 16 heavy (non-hydrogen) atoms. The first-order valence-corrected chi connectivity index (χ1v) is 5.65. The Morgan fingerprint density at radius 1 is 1.25 bits per heavy atom. The zero-order valence-electron chi connectivity index (χ0n) is 10.3. The van der Waals surface area contributed by atoms with Gasteiger partial charge in [0.15, 0.2) is 0 Å². The van der Waals surface area contributed by atoms with Crippen molar-refractivity contribution < 1.29 is 9.94 Å². The zero-order valence-corrected chi connectivity index (χ0v) is 10.3. The molecule has 90 valence electrons. The Morgan fingerprint density at radius 2 is 1.94 bits per heavy atom. The van der Waals surface area contributed by atoms with Gasteiger partial charge in [0.1, 0.15) is 5.75 Å². The summed E-state index contributed by atoms with van der Waals surface area (Å²) in [6, 6.07) is 8.10. The van der Waals surface area contributed by atoms with Crippen LogP contribution in [0.4, 0.5) is 0 Å². The number of hydrogen-bond donors (Lipinski definition) is 2. The van der Waals surface area contributed by atoms with Crippen LogP contribution in [0.2, 0.25) is 0 Å². The molecular weight excluding hydrogens is 202 g/mol. The van der Waals surface area contributed by atoms with Crippen LogP contribution in [-0.4, -0.2) is 18.4 Å². The lowest BCUT2D eigenvalue weighted by atomic mass is 9.86. The van der Waals surface area contributed by atoms with E-state index in [0.29, 0.717) is 13.2 Å². The monoisotopic (exact) mass is 223 g/mol. The molecule has 0 atom stereocenters. The van der Waals surface area contributed by atoms with Crippen molar-refractivity contribution >= 4 is 0 Å². The van der Waals surface area contributed by atoms with Crippen molar-refractivity contribution in [3.05, 3.63) is 29.8 Å². The normalized spacial score (nSPS) is 11.5. The van der Waals surface area contributed by atoms with Crippen molar-refractivity contribution in [2.75, 3.05) is 13.2 Å². The highest BCUT2D eigenvalue weighted by Gasteiger charge is 2.17. The van der Waals surface area contributed by atoms with Crippen LogP contribution in [0, 0.1) is 0 Å². The van der Waals surface area contributed by atoms with E-state index in [2.05, 4.69) is 32.3 Å². The molecule has 3 nitrogen and oxygen atoms in total. The van der Waals surface area contributed by atoms with Gasteiger partial charge in [0.25, 0.3) is 0 Å². The predicted molar refractivity (Wildman–Crippen MR) is 65.0 cm³/mol. The highest BCUT2D eigenvalue weighted by atomic mass is 16.5. The van der Waals surface area contributed by atoms with E-state index in [-0.39, 0.29) is 5.41 Å². The van der Waals surface area contributed by atoms with Gasteiger partial charge >= 0.3 is 0 Å². The van der Waals surface area contributed by atoms with Crippen LogP contribution in [0.1, 0.15) is 32.8 Å². The minimum absolute atomic E-state index is 0.0891. The Morgan fingerprint density at radius 3 is 2.56 bits per heavy atom. The molecule has 1 aromatic rings. The molecule has 0 aliphatic heterocycles. The standard InChI is InChI=1S/C13H21NO2/c1-13(2,3)11-7-4-5-8-12(11)16-10-6-9-14-15/h4-5,7-8,14-15H,6,9-10H2,1-3H3. The molecule has 0 aliphatic carbocycles. The molecule has 0 amide bonds. The molecule has 0 aromatic heterocycles. The number of benzene rings is 1. The lowest BCUT2D eigenvalue weighted by Crippen LogP contribution is -2.15. The molecule has 1 rings (SSSR count). The van der Waals surface area contributed by atoms with Gasteiger partial charge in [-0.15, -0.1) is 0 Å². The van der Waals surface area contributed by atoms with Gasteiger partial charge < -0.3 is 9.94 Å². The van der Waals surface area contributed by atoms with E-state index < -0.39 is 0 Å². The molecule has 0 fully saturated rings. The molecule has 0 saturated heterocycles. The molecule has 0 spiro atoms. The molecule has 0 unspecified atom stereocenters. The quantitative estimate of drug-likeness (QED) is 0.595. The minimum atomic E-state index is 0.0891. The van der Waals surface area contributed by atoms with Crippen LogP contribution >= 0.6 is 0 Å². The topological polar surface area (TPSA) is 41.5 Å². The van der Waals surface area contributed by atoms with Gasteiger partial charge in [-0.05, 0) is 23.5 Å². The second kappa shape index (κ2) is 5.87. The molecule has 1 aromatic carbocycles. The minimum Gasteiger partial charge on any atom is -0.493 e. The lowest BCUT2D eigenvalue weighted by Gasteiger charge is -2.22. The van der Waals surface area contributed by atoms with Gasteiger partial charge in [0.2, 0.25) is 0 Å². The molecule has 0 radical (unpaired) electrons. The molecule has 0 bridgehead atoms. The Hall–Kier alpha value is -1.06. The first-order chi connectivity index (χ1) is 7.55. The Labute approximate surface area is 97.4 Å². The third-order valence-electron chi connectivity index (χ3n) is 2.39. The van der Waals surface area contributed by atoms with Crippen molar-refractivity contribution in [2.24, 2.45) is 0 Å². The first-order valence-electron chi connectivity index (χ1n) is 5.65. The molecule has 2 N–H and O–H groups in total. The number of nitrogens with one attached hydrogen (secondary N) is 1. The molecule has 3 heteroatoms. The van der Waals surface area contributed by atoms with E-state index in [4.69, 9.17) is 9.94 Å². The number of hydroxylamine groups is 1.